The molecule has 0 radical (unpaired) electrons. The van der Waals surface area contributed by atoms with E-state index < -0.39 is 12.1 Å². The number of β-amino-alcohol motifs (C(OH)–C–C–N with tert-alkyl or cyclic N) is 1. The molecule has 9 heteroatoms. The Bertz CT molecular complexity index is 751. The number of amides is 3. The number of benzene rings is 1. The molecule has 140 valence electrons. The first kappa shape index (κ1) is 17.9. The molecule has 0 saturated carbocycles. The summed E-state index contributed by atoms with van der Waals surface area (Å²) in [5.74, 6) is 1.04. The van der Waals surface area contributed by atoms with Crippen LogP contribution in [0.3, 0.4) is 0 Å². The standard InChI is InChI=1S/C17H21N3O6/c1-24-11-6-9(7-12(25-2)15(11)26-3)14-13-10(18-17(23)19-14)8-20(4-5-21)16(13)22/h6-7,14,21H,4-5,8H2,1-3H3,(H2,18,19,23). The van der Waals surface area contributed by atoms with E-state index in [1.807, 2.05) is 0 Å². The van der Waals surface area contributed by atoms with Crippen LogP contribution < -0.4 is 24.8 Å². The predicted octanol–water partition coefficient (Wildman–Crippen LogP) is 0.155. The van der Waals surface area contributed by atoms with Crippen molar-refractivity contribution < 1.29 is 28.9 Å². The number of methoxy groups -OCH3 is 3. The van der Waals surface area contributed by atoms with Gasteiger partial charge in [0, 0.05) is 6.54 Å². The van der Waals surface area contributed by atoms with Crippen LogP contribution in [0.4, 0.5) is 4.79 Å². The summed E-state index contributed by atoms with van der Waals surface area (Å²) in [6.07, 6.45) is 0. The van der Waals surface area contributed by atoms with Crippen LogP contribution in [-0.2, 0) is 4.79 Å². The molecule has 1 aromatic rings. The zero-order valence-electron chi connectivity index (χ0n) is 14.8. The summed E-state index contributed by atoms with van der Waals surface area (Å²) in [6, 6.07) is 2.33. The molecule has 1 aromatic carbocycles. The highest BCUT2D eigenvalue weighted by molar-refractivity contribution is 6.01. The molecule has 2 aliphatic rings. The molecule has 0 aliphatic carbocycles. The number of nitrogens with one attached hydrogen (secondary N) is 2. The summed E-state index contributed by atoms with van der Waals surface area (Å²) in [5, 5.41) is 14.6. The Morgan fingerprint density at radius 2 is 1.81 bits per heavy atom. The molecule has 9 nitrogen and oxygen atoms in total. The zero-order valence-corrected chi connectivity index (χ0v) is 14.8. The summed E-state index contributed by atoms with van der Waals surface area (Å²) >= 11 is 0. The number of nitrogens with zero attached hydrogens (tertiary/aromatic N) is 1. The third kappa shape index (κ3) is 2.90. The molecule has 0 spiro atoms. The molecule has 2 aliphatic heterocycles. The lowest BCUT2D eigenvalue weighted by atomic mass is 9.95. The van der Waals surface area contributed by atoms with Gasteiger partial charge in [0.25, 0.3) is 5.91 Å². The zero-order chi connectivity index (χ0) is 18.8. The van der Waals surface area contributed by atoms with Crippen LogP contribution >= 0.6 is 0 Å². The average Bonchev–Trinajstić information content (AvgIpc) is 2.95. The van der Waals surface area contributed by atoms with E-state index in [-0.39, 0.29) is 25.6 Å². The van der Waals surface area contributed by atoms with E-state index in [1.165, 1.54) is 26.2 Å². The molecule has 0 bridgehead atoms. The fraction of sp³-hybridized carbons (Fsp3) is 0.412. The van der Waals surface area contributed by atoms with Crippen molar-refractivity contribution in [3.63, 3.8) is 0 Å². The third-order valence-electron chi connectivity index (χ3n) is 4.41. The van der Waals surface area contributed by atoms with Crippen molar-refractivity contribution in [1.82, 2.24) is 15.5 Å². The second-order valence-electron chi connectivity index (χ2n) is 5.83. The van der Waals surface area contributed by atoms with Gasteiger partial charge in [-0.2, -0.15) is 0 Å². The Hall–Kier alpha value is -2.94. The summed E-state index contributed by atoms with van der Waals surface area (Å²) in [7, 11) is 4.49. The van der Waals surface area contributed by atoms with Crippen LogP contribution in [0, 0.1) is 0 Å². The van der Waals surface area contributed by atoms with Gasteiger partial charge in [0.1, 0.15) is 0 Å². The van der Waals surface area contributed by atoms with E-state index in [9.17, 15) is 9.59 Å². The number of carbonyl (C=O) groups is 2. The predicted molar refractivity (Wildman–Crippen MR) is 91.2 cm³/mol. The van der Waals surface area contributed by atoms with Crippen molar-refractivity contribution in [2.75, 3.05) is 41.0 Å². The fourth-order valence-electron chi connectivity index (χ4n) is 3.25. The highest BCUT2D eigenvalue weighted by atomic mass is 16.5. The SMILES string of the molecule is COc1cc(C2NC(=O)NC3=C2C(=O)N(CCO)C3)cc(OC)c1OC. The number of hydrogen-bond donors (Lipinski definition) is 3. The van der Waals surface area contributed by atoms with Gasteiger partial charge in [0.05, 0.1) is 51.8 Å². The van der Waals surface area contributed by atoms with Crippen molar-refractivity contribution in [2.45, 2.75) is 6.04 Å². The number of urea groups is 1. The van der Waals surface area contributed by atoms with Crippen LogP contribution in [0.2, 0.25) is 0 Å². The molecule has 0 fully saturated rings. The Morgan fingerprint density at radius 1 is 1.15 bits per heavy atom. The van der Waals surface area contributed by atoms with Crippen molar-refractivity contribution in [3.05, 3.63) is 29.0 Å². The minimum absolute atomic E-state index is 0.150. The van der Waals surface area contributed by atoms with Gasteiger partial charge < -0.3 is 34.9 Å². The van der Waals surface area contributed by atoms with Crippen molar-refractivity contribution in [2.24, 2.45) is 0 Å². The Morgan fingerprint density at radius 3 is 2.35 bits per heavy atom. The van der Waals surface area contributed by atoms with Gasteiger partial charge in [-0.15, -0.1) is 0 Å². The molecule has 0 saturated heterocycles. The maximum atomic E-state index is 12.7. The van der Waals surface area contributed by atoms with Gasteiger partial charge in [-0.05, 0) is 17.7 Å². The first-order valence-corrected chi connectivity index (χ1v) is 8.04. The molecule has 26 heavy (non-hydrogen) atoms. The Kier molecular flexibility index (Phi) is 4.90. The van der Waals surface area contributed by atoms with E-state index in [0.717, 1.165) is 0 Å². The van der Waals surface area contributed by atoms with E-state index in [4.69, 9.17) is 19.3 Å². The maximum Gasteiger partial charge on any atom is 0.319 e. The molecular weight excluding hydrogens is 342 g/mol. The number of rotatable bonds is 6. The number of carbonyl (C=O) groups excluding carboxylic acids is 2. The average molecular weight is 363 g/mol. The van der Waals surface area contributed by atoms with E-state index in [0.29, 0.717) is 34.1 Å². The van der Waals surface area contributed by atoms with Gasteiger partial charge in [-0.1, -0.05) is 0 Å². The van der Waals surface area contributed by atoms with Gasteiger partial charge in [-0.3, -0.25) is 4.79 Å². The van der Waals surface area contributed by atoms with Crippen LogP contribution in [0.15, 0.2) is 23.4 Å². The van der Waals surface area contributed by atoms with Crippen LogP contribution in [0.1, 0.15) is 11.6 Å². The lowest BCUT2D eigenvalue weighted by molar-refractivity contribution is -0.126. The topological polar surface area (TPSA) is 109 Å². The Labute approximate surface area is 150 Å². The maximum absolute atomic E-state index is 12.7. The number of hydrogen-bond acceptors (Lipinski definition) is 6. The lowest BCUT2D eigenvalue weighted by Crippen LogP contribution is -2.44. The third-order valence-corrected chi connectivity index (χ3v) is 4.41. The Balaban J connectivity index is 2.06. The van der Waals surface area contributed by atoms with Crippen LogP contribution in [0.5, 0.6) is 17.2 Å². The normalized spacial score (nSPS) is 19.1. The fourth-order valence-corrected chi connectivity index (χ4v) is 3.25. The van der Waals surface area contributed by atoms with Gasteiger partial charge >= 0.3 is 6.03 Å². The smallest absolute Gasteiger partial charge is 0.319 e. The minimum Gasteiger partial charge on any atom is -0.493 e. The van der Waals surface area contributed by atoms with E-state index in [2.05, 4.69) is 10.6 Å². The summed E-state index contributed by atoms with van der Waals surface area (Å²) in [4.78, 5) is 26.3. The number of aliphatic hydroxyl groups is 1. The molecule has 2 heterocycles. The van der Waals surface area contributed by atoms with E-state index >= 15 is 0 Å². The molecule has 0 aromatic heterocycles. The highest BCUT2D eigenvalue weighted by Gasteiger charge is 2.40. The molecule has 3 N–H and O–H groups in total. The van der Waals surface area contributed by atoms with Crippen molar-refractivity contribution in [1.29, 1.82) is 0 Å². The summed E-state index contributed by atoms with van der Waals surface area (Å²) in [5.41, 5.74) is 1.60. The molecule has 1 unspecified atom stereocenters. The quantitative estimate of drug-likeness (QED) is 0.664. The summed E-state index contributed by atoms with van der Waals surface area (Å²) < 4.78 is 16.0. The van der Waals surface area contributed by atoms with Gasteiger partial charge in [0.2, 0.25) is 5.75 Å². The first-order chi connectivity index (χ1) is 12.5. The molecule has 3 amide bonds. The first-order valence-electron chi connectivity index (χ1n) is 8.04. The number of ether oxygens (including phenoxy) is 3. The van der Waals surface area contributed by atoms with Gasteiger partial charge in [-0.25, -0.2) is 4.79 Å². The van der Waals surface area contributed by atoms with Crippen LogP contribution in [-0.4, -0.2) is 63.0 Å². The van der Waals surface area contributed by atoms with Crippen molar-refractivity contribution in [3.8, 4) is 17.2 Å². The summed E-state index contributed by atoms with van der Waals surface area (Å²) in [6.45, 7) is 0.301. The van der Waals surface area contributed by atoms with Gasteiger partial charge in [0.15, 0.2) is 11.5 Å². The minimum atomic E-state index is -0.663. The largest absolute Gasteiger partial charge is 0.493 e. The highest BCUT2D eigenvalue weighted by Crippen LogP contribution is 2.42. The van der Waals surface area contributed by atoms with Crippen LogP contribution in [0.25, 0.3) is 0 Å². The number of aliphatic hydroxyl groups excluding tert-OH is 1. The van der Waals surface area contributed by atoms with E-state index in [1.54, 1.807) is 12.1 Å². The monoisotopic (exact) mass is 363 g/mol. The second kappa shape index (κ2) is 7.12. The molecule has 3 rings (SSSR count). The van der Waals surface area contributed by atoms with Crippen molar-refractivity contribution >= 4 is 11.9 Å². The lowest BCUT2D eigenvalue weighted by Gasteiger charge is -2.26. The molecular formula is C17H21N3O6. The second-order valence-corrected chi connectivity index (χ2v) is 5.83. The molecule has 1 atom stereocenters.